The van der Waals surface area contributed by atoms with Gasteiger partial charge in [0.25, 0.3) is 0 Å². The molecular formula is C24H30N2O3S2. The highest BCUT2D eigenvalue weighted by Crippen LogP contribution is 2.24. The van der Waals surface area contributed by atoms with E-state index in [0.717, 1.165) is 39.6 Å². The Morgan fingerprint density at radius 2 is 1.68 bits per heavy atom. The van der Waals surface area contributed by atoms with Crippen molar-refractivity contribution in [3.8, 4) is 5.75 Å². The van der Waals surface area contributed by atoms with Crippen LogP contribution < -0.4 is 4.74 Å². The SMILES string of the molecule is CC[C@@H](C)N(Cc1csc(COc2cc(C)cc(C)c2)n1)S(=O)(=O)c1ccc(C)cc1. The van der Waals surface area contributed by atoms with E-state index in [9.17, 15) is 8.42 Å². The number of ether oxygens (including phenoxy) is 1. The Morgan fingerprint density at radius 1 is 1.03 bits per heavy atom. The Balaban J connectivity index is 1.75. The molecule has 0 aliphatic carbocycles. The van der Waals surface area contributed by atoms with Crippen molar-refractivity contribution in [1.82, 2.24) is 9.29 Å². The number of aromatic nitrogens is 1. The number of thiazole rings is 1. The highest BCUT2D eigenvalue weighted by molar-refractivity contribution is 7.89. The molecule has 7 heteroatoms. The summed E-state index contributed by atoms with van der Waals surface area (Å²) in [5, 5.41) is 2.74. The molecule has 0 saturated carbocycles. The number of rotatable bonds is 9. The first-order chi connectivity index (χ1) is 14.7. The number of sulfonamides is 1. The third-order valence-corrected chi connectivity index (χ3v) is 8.03. The van der Waals surface area contributed by atoms with Gasteiger partial charge < -0.3 is 4.74 Å². The zero-order valence-electron chi connectivity index (χ0n) is 18.8. The molecule has 0 unspecified atom stereocenters. The molecule has 0 radical (unpaired) electrons. The smallest absolute Gasteiger partial charge is 0.243 e. The van der Waals surface area contributed by atoms with Gasteiger partial charge in [-0.05, 0) is 69.5 Å². The number of nitrogens with zero attached hydrogens (tertiary/aromatic N) is 2. The lowest BCUT2D eigenvalue weighted by molar-refractivity contribution is 0.302. The Morgan fingerprint density at radius 3 is 2.29 bits per heavy atom. The third kappa shape index (κ3) is 5.93. The molecule has 3 rings (SSSR count). The highest BCUT2D eigenvalue weighted by atomic mass is 32.2. The maximum atomic E-state index is 13.3. The molecule has 5 nitrogen and oxygen atoms in total. The minimum Gasteiger partial charge on any atom is -0.486 e. The fourth-order valence-electron chi connectivity index (χ4n) is 3.34. The van der Waals surface area contributed by atoms with E-state index in [1.165, 1.54) is 11.3 Å². The predicted octanol–water partition coefficient (Wildman–Crippen LogP) is 5.64. The van der Waals surface area contributed by atoms with Crippen LogP contribution in [0.2, 0.25) is 0 Å². The van der Waals surface area contributed by atoms with E-state index < -0.39 is 10.0 Å². The molecular weight excluding hydrogens is 428 g/mol. The van der Waals surface area contributed by atoms with E-state index in [0.29, 0.717) is 11.5 Å². The minimum absolute atomic E-state index is 0.136. The van der Waals surface area contributed by atoms with Gasteiger partial charge in [-0.1, -0.05) is 30.7 Å². The molecule has 31 heavy (non-hydrogen) atoms. The van der Waals surface area contributed by atoms with E-state index in [1.54, 1.807) is 16.4 Å². The maximum Gasteiger partial charge on any atom is 0.243 e. The van der Waals surface area contributed by atoms with Crippen LogP contribution in [0, 0.1) is 20.8 Å². The topological polar surface area (TPSA) is 59.5 Å². The monoisotopic (exact) mass is 458 g/mol. The van der Waals surface area contributed by atoms with Crippen LogP contribution in [0.4, 0.5) is 0 Å². The molecule has 166 valence electrons. The van der Waals surface area contributed by atoms with Crippen LogP contribution >= 0.6 is 11.3 Å². The Kier molecular flexibility index (Phi) is 7.51. The summed E-state index contributed by atoms with van der Waals surface area (Å²) in [6.45, 7) is 10.6. The summed E-state index contributed by atoms with van der Waals surface area (Å²) in [6, 6.07) is 13.0. The lowest BCUT2D eigenvalue weighted by Gasteiger charge is -2.27. The fourth-order valence-corrected chi connectivity index (χ4v) is 5.71. The van der Waals surface area contributed by atoms with E-state index in [-0.39, 0.29) is 12.6 Å². The van der Waals surface area contributed by atoms with Crippen LogP contribution in [0.3, 0.4) is 0 Å². The van der Waals surface area contributed by atoms with E-state index >= 15 is 0 Å². The van der Waals surface area contributed by atoms with Gasteiger partial charge in [-0.25, -0.2) is 13.4 Å². The lowest BCUT2D eigenvalue weighted by Crippen LogP contribution is -2.37. The molecule has 0 N–H and O–H groups in total. The van der Waals surface area contributed by atoms with Gasteiger partial charge >= 0.3 is 0 Å². The van der Waals surface area contributed by atoms with Crippen LogP contribution in [0.5, 0.6) is 5.75 Å². The van der Waals surface area contributed by atoms with Crippen LogP contribution in [0.15, 0.2) is 52.7 Å². The standard InChI is InChI=1S/C24H30N2O3S2/c1-6-20(5)26(31(27,28)23-9-7-17(2)8-10-23)14-21-16-30-24(25-21)15-29-22-12-18(3)11-19(4)13-22/h7-13,16,20H,6,14-15H2,1-5H3/t20-/m1/s1. The van der Waals surface area contributed by atoms with Gasteiger partial charge in [-0.3, -0.25) is 0 Å². The van der Waals surface area contributed by atoms with Gasteiger partial charge in [0.15, 0.2) is 0 Å². The second kappa shape index (κ2) is 9.94. The average molecular weight is 459 g/mol. The van der Waals surface area contributed by atoms with Crippen molar-refractivity contribution in [1.29, 1.82) is 0 Å². The Labute approximate surface area is 189 Å². The van der Waals surface area contributed by atoms with Gasteiger partial charge in [0.1, 0.15) is 17.4 Å². The number of hydrogen-bond donors (Lipinski definition) is 0. The van der Waals surface area contributed by atoms with E-state index in [1.807, 2.05) is 64.3 Å². The summed E-state index contributed by atoms with van der Waals surface area (Å²) in [5.41, 5.74) is 4.07. The van der Waals surface area contributed by atoms with Gasteiger partial charge in [0.2, 0.25) is 10.0 Å². The molecule has 0 saturated heterocycles. The molecule has 0 aliphatic rings. The molecule has 1 atom stereocenters. The molecule has 2 aromatic carbocycles. The summed E-state index contributed by atoms with van der Waals surface area (Å²) in [4.78, 5) is 4.95. The van der Waals surface area contributed by atoms with E-state index in [2.05, 4.69) is 11.1 Å². The fraction of sp³-hybridized carbons (Fsp3) is 0.375. The molecule has 0 amide bonds. The summed E-state index contributed by atoms with van der Waals surface area (Å²) in [7, 11) is -3.62. The maximum absolute atomic E-state index is 13.3. The molecule has 0 bridgehead atoms. The first kappa shape index (κ1) is 23.4. The number of benzene rings is 2. The predicted molar refractivity (Wildman–Crippen MR) is 126 cm³/mol. The largest absolute Gasteiger partial charge is 0.486 e. The lowest BCUT2D eigenvalue weighted by atomic mass is 10.1. The van der Waals surface area contributed by atoms with Crippen molar-refractivity contribution in [2.45, 2.75) is 65.1 Å². The van der Waals surface area contributed by atoms with Crippen molar-refractivity contribution in [2.75, 3.05) is 0 Å². The average Bonchev–Trinajstić information content (AvgIpc) is 3.17. The van der Waals surface area contributed by atoms with Crippen molar-refractivity contribution in [3.63, 3.8) is 0 Å². The summed E-state index contributed by atoms with van der Waals surface area (Å²) >= 11 is 1.49. The van der Waals surface area contributed by atoms with E-state index in [4.69, 9.17) is 4.74 Å². The number of hydrogen-bond acceptors (Lipinski definition) is 5. The van der Waals surface area contributed by atoms with Crippen LogP contribution in [0.1, 0.15) is 47.7 Å². The first-order valence-electron chi connectivity index (χ1n) is 10.4. The van der Waals surface area contributed by atoms with Crippen LogP contribution in [-0.4, -0.2) is 23.7 Å². The first-order valence-corrected chi connectivity index (χ1v) is 12.7. The Bertz CT molecular complexity index is 1100. The van der Waals surface area contributed by atoms with Crippen molar-refractivity contribution in [2.24, 2.45) is 0 Å². The third-order valence-electron chi connectivity index (χ3n) is 5.18. The van der Waals surface area contributed by atoms with Crippen LogP contribution in [-0.2, 0) is 23.2 Å². The highest BCUT2D eigenvalue weighted by Gasteiger charge is 2.29. The van der Waals surface area contributed by atoms with Gasteiger partial charge in [-0.15, -0.1) is 11.3 Å². The second-order valence-electron chi connectivity index (χ2n) is 7.97. The summed E-state index contributed by atoms with van der Waals surface area (Å²) in [5.74, 6) is 0.817. The Hall–Kier alpha value is -2.22. The molecule has 1 aromatic heterocycles. The minimum atomic E-state index is -3.62. The molecule has 0 aliphatic heterocycles. The van der Waals surface area contributed by atoms with Crippen molar-refractivity contribution >= 4 is 21.4 Å². The molecule has 0 fully saturated rings. The van der Waals surface area contributed by atoms with Crippen LogP contribution in [0.25, 0.3) is 0 Å². The normalized spacial score (nSPS) is 12.8. The van der Waals surface area contributed by atoms with Crippen molar-refractivity contribution < 1.29 is 13.2 Å². The quantitative estimate of drug-likeness (QED) is 0.416. The summed E-state index contributed by atoms with van der Waals surface area (Å²) < 4.78 is 34.1. The molecule has 0 spiro atoms. The van der Waals surface area contributed by atoms with Gasteiger partial charge in [0.05, 0.1) is 17.1 Å². The molecule has 1 heterocycles. The number of aryl methyl sites for hydroxylation is 3. The summed E-state index contributed by atoms with van der Waals surface area (Å²) in [6.07, 6.45) is 0.720. The van der Waals surface area contributed by atoms with Gasteiger partial charge in [0, 0.05) is 11.4 Å². The zero-order chi connectivity index (χ0) is 22.6. The molecule has 3 aromatic rings. The van der Waals surface area contributed by atoms with Gasteiger partial charge in [-0.2, -0.15) is 4.31 Å². The second-order valence-corrected chi connectivity index (χ2v) is 10.8. The van der Waals surface area contributed by atoms with Crippen molar-refractivity contribution in [3.05, 3.63) is 75.2 Å². The zero-order valence-corrected chi connectivity index (χ0v) is 20.4.